The van der Waals surface area contributed by atoms with Gasteiger partial charge in [0.05, 0.1) is 5.92 Å². The predicted molar refractivity (Wildman–Crippen MR) is 112 cm³/mol. The highest BCUT2D eigenvalue weighted by Gasteiger charge is 2.36. The summed E-state index contributed by atoms with van der Waals surface area (Å²) < 4.78 is 18.4. The highest BCUT2D eigenvalue weighted by Crippen LogP contribution is 2.33. The zero-order valence-electron chi connectivity index (χ0n) is 17.7. The first-order valence-electron chi connectivity index (χ1n) is 11.3. The summed E-state index contributed by atoms with van der Waals surface area (Å²) in [7, 11) is 0. The van der Waals surface area contributed by atoms with Gasteiger partial charge in [-0.3, -0.25) is 14.4 Å². The Kier molecular flexibility index (Phi) is 6.68. The van der Waals surface area contributed by atoms with E-state index in [1.807, 2.05) is 4.90 Å². The summed E-state index contributed by atoms with van der Waals surface area (Å²) in [4.78, 5) is 41.3. The summed E-state index contributed by atoms with van der Waals surface area (Å²) in [6.07, 6.45) is 9.34. The molecule has 6 nitrogen and oxygen atoms in total. The normalized spacial score (nSPS) is 19.5. The highest BCUT2D eigenvalue weighted by atomic mass is 19.1. The number of amides is 2. The third kappa shape index (κ3) is 5.32. The fourth-order valence-electron chi connectivity index (χ4n) is 4.38. The van der Waals surface area contributed by atoms with Crippen molar-refractivity contribution in [1.82, 2.24) is 9.80 Å². The standard InChI is InChI=1S/C24H29FN2O4/c25-19-8-6-17(7-9-19)23(29)26-14-12-18(13-15-26)24(30)31-16-22(28)27(21-10-11-21)20-4-2-1-3-5-20/h4,6-9,18,21H,1-3,5,10-16H2. The van der Waals surface area contributed by atoms with Gasteiger partial charge in [-0.25, -0.2) is 4.39 Å². The van der Waals surface area contributed by atoms with Gasteiger partial charge >= 0.3 is 5.97 Å². The molecule has 166 valence electrons. The molecule has 1 aliphatic heterocycles. The van der Waals surface area contributed by atoms with Crippen LogP contribution < -0.4 is 0 Å². The smallest absolute Gasteiger partial charge is 0.309 e. The summed E-state index contributed by atoms with van der Waals surface area (Å²) in [5.74, 6) is -1.35. The van der Waals surface area contributed by atoms with E-state index in [-0.39, 0.29) is 42.2 Å². The average molecular weight is 429 g/mol. The summed E-state index contributed by atoms with van der Waals surface area (Å²) >= 11 is 0. The van der Waals surface area contributed by atoms with E-state index in [0.29, 0.717) is 31.5 Å². The van der Waals surface area contributed by atoms with E-state index in [1.165, 1.54) is 24.3 Å². The molecule has 1 saturated heterocycles. The van der Waals surface area contributed by atoms with E-state index in [9.17, 15) is 18.8 Å². The van der Waals surface area contributed by atoms with Crippen molar-refractivity contribution in [2.24, 2.45) is 5.92 Å². The van der Waals surface area contributed by atoms with Crippen molar-refractivity contribution in [3.63, 3.8) is 0 Å². The van der Waals surface area contributed by atoms with E-state index < -0.39 is 0 Å². The molecule has 2 fully saturated rings. The minimum atomic E-state index is -0.382. The first kappa shape index (κ1) is 21.5. The molecule has 31 heavy (non-hydrogen) atoms. The van der Waals surface area contributed by atoms with Crippen LogP contribution in [-0.2, 0) is 14.3 Å². The number of allylic oxidation sites excluding steroid dienone is 2. The number of likely N-dealkylation sites (tertiary alicyclic amines) is 1. The first-order chi connectivity index (χ1) is 15.0. The lowest BCUT2D eigenvalue weighted by Crippen LogP contribution is -2.41. The van der Waals surface area contributed by atoms with Crippen LogP contribution in [0.4, 0.5) is 4.39 Å². The van der Waals surface area contributed by atoms with Gasteiger partial charge in [-0.2, -0.15) is 0 Å². The molecule has 7 heteroatoms. The van der Waals surface area contributed by atoms with Crippen molar-refractivity contribution in [3.8, 4) is 0 Å². The Bertz CT molecular complexity index is 855. The van der Waals surface area contributed by atoms with Gasteiger partial charge < -0.3 is 14.5 Å². The van der Waals surface area contributed by atoms with E-state index in [0.717, 1.165) is 44.2 Å². The number of hydrogen-bond acceptors (Lipinski definition) is 4. The summed E-state index contributed by atoms with van der Waals surface area (Å²) in [6, 6.07) is 5.73. The minimum Gasteiger partial charge on any atom is -0.455 e. The van der Waals surface area contributed by atoms with Crippen LogP contribution in [0.25, 0.3) is 0 Å². The molecule has 1 aromatic carbocycles. The topological polar surface area (TPSA) is 66.9 Å². The second-order valence-corrected chi connectivity index (χ2v) is 8.62. The number of ether oxygens (including phenoxy) is 1. The van der Waals surface area contributed by atoms with Crippen molar-refractivity contribution in [1.29, 1.82) is 0 Å². The number of benzene rings is 1. The molecular formula is C24H29FN2O4. The highest BCUT2D eigenvalue weighted by molar-refractivity contribution is 5.94. The second kappa shape index (κ2) is 9.62. The van der Waals surface area contributed by atoms with Crippen LogP contribution in [0.1, 0.15) is 61.7 Å². The maximum Gasteiger partial charge on any atom is 0.309 e. The van der Waals surface area contributed by atoms with Gasteiger partial charge in [0.1, 0.15) is 5.82 Å². The Labute approximate surface area is 182 Å². The lowest BCUT2D eigenvalue weighted by molar-refractivity contribution is -0.156. The SMILES string of the molecule is O=C(OCC(=O)N(C1=CCCCC1)C1CC1)C1CCN(C(=O)c2ccc(F)cc2)CC1. The maximum atomic E-state index is 13.1. The van der Waals surface area contributed by atoms with E-state index in [2.05, 4.69) is 6.08 Å². The number of carbonyl (C=O) groups is 3. The molecule has 0 aromatic heterocycles. The summed E-state index contributed by atoms with van der Waals surface area (Å²) in [6.45, 7) is 0.650. The van der Waals surface area contributed by atoms with Crippen molar-refractivity contribution in [2.75, 3.05) is 19.7 Å². The van der Waals surface area contributed by atoms with Crippen molar-refractivity contribution >= 4 is 17.8 Å². The van der Waals surface area contributed by atoms with Gasteiger partial charge in [-0.1, -0.05) is 6.08 Å². The van der Waals surface area contributed by atoms with Crippen LogP contribution in [-0.4, -0.2) is 53.3 Å². The Balaban J connectivity index is 1.25. The molecule has 0 radical (unpaired) electrons. The van der Waals surface area contributed by atoms with Crippen molar-refractivity contribution in [2.45, 2.75) is 57.4 Å². The van der Waals surface area contributed by atoms with Gasteiger partial charge in [0, 0.05) is 30.4 Å². The van der Waals surface area contributed by atoms with Gasteiger partial charge in [0.2, 0.25) is 0 Å². The Hall–Kier alpha value is -2.70. The monoisotopic (exact) mass is 428 g/mol. The summed E-state index contributed by atoms with van der Waals surface area (Å²) in [5.41, 5.74) is 1.52. The van der Waals surface area contributed by atoms with Crippen LogP contribution in [0, 0.1) is 11.7 Å². The maximum absolute atomic E-state index is 13.1. The zero-order chi connectivity index (χ0) is 21.8. The third-order valence-corrected chi connectivity index (χ3v) is 6.30. The molecule has 1 aromatic rings. The average Bonchev–Trinajstić information content (AvgIpc) is 3.63. The number of nitrogens with zero attached hydrogens (tertiary/aromatic N) is 2. The number of hydrogen-bond donors (Lipinski definition) is 0. The molecule has 4 rings (SSSR count). The van der Waals surface area contributed by atoms with Crippen LogP contribution >= 0.6 is 0 Å². The van der Waals surface area contributed by atoms with Crippen molar-refractivity contribution < 1.29 is 23.5 Å². The predicted octanol–water partition coefficient (Wildman–Crippen LogP) is 3.67. The van der Waals surface area contributed by atoms with Crippen molar-refractivity contribution in [3.05, 3.63) is 47.4 Å². The second-order valence-electron chi connectivity index (χ2n) is 8.62. The number of piperidine rings is 1. The van der Waals surface area contributed by atoms with Gasteiger partial charge in [-0.05, 0) is 75.6 Å². The van der Waals surface area contributed by atoms with Crippen LogP contribution in [0.3, 0.4) is 0 Å². The quantitative estimate of drug-likeness (QED) is 0.649. The van der Waals surface area contributed by atoms with Gasteiger partial charge in [0.25, 0.3) is 11.8 Å². The third-order valence-electron chi connectivity index (χ3n) is 6.30. The Morgan fingerprint density at radius 2 is 1.74 bits per heavy atom. The molecular weight excluding hydrogens is 399 g/mol. The molecule has 0 N–H and O–H groups in total. The number of carbonyl (C=O) groups excluding carboxylic acids is 3. The number of halogens is 1. The van der Waals surface area contributed by atoms with Gasteiger partial charge in [-0.15, -0.1) is 0 Å². The molecule has 1 saturated carbocycles. The zero-order valence-corrected chi connectivity index (χ0v) is 17.7. The summed E-state index contributed by atoms with van der Waals surface area (Å²) in [5, 5.41) is 0. The lowest BCUT2D eigenvalue weighted by Gasteiger charge is -2.31. The van der Waals surface area contributed by atoms with E-state index in [1.54, 1.807) is 4.90 Å². The fourth-order valence-corrected chi connectivity index (χ4v) is 4.38. The molecule has 2 aliphatic carbocycles. The minimum absolute atomic E-state index is 0.132. The molecule has 3 aliphatic rings. The first-order valence-corrected chi connectivity index (χ1v) is 11.3. The molecule has 0 spiro atoms. The fraction of sp³-hybridized carbons (Fsp3) is 0.542. The van der Waals surface area contributed by atoms with E-state index >= 15 is 0 Å². The Morgan fingerprint density at radius 3 is 2.35 bits per heavy atom. The van der Waals surface area contributed by atoms with Crippen LogP contribution in [0.2, 0.25) is 0 Å². The molecule has 2 amide bonds. The Morgan fingerprint density at radius 1 is 1.03 bits per heavy atom. The lowest BCUT2D eigenvalue weighted by atomic mass is 9.96. The number of esters is 1. The molecule has 1 heterocycles. The van der Waals surface area contributed by atoms with Gasteiger partial charge in [0.15, 0.2) is 6.61 Å². The molecule has 0 unspecified atom stereocenters. The van der Waals surface area contributed by atoms with Crippen LogP contribution in [0.5, 0.6) is 0 Å². The number of rotatable bonds is 6. The molecule has 0 atom stereocenters. The molecule has 0 bridgehead atoms. The van der Waals surface area contributed by atoms with Crippen LogP contribution in [0.15, 0.2) is 36.0 Å². The largest absolute Gasteiger partial charge is 0.455 e. The van der Waals surface area contributed by atoms with E-state index in [4.69, 9.17) is 4.74 Å².